The fourth-order valence-corrected chi connectivity index (χ4v) is 3.17. The Morgan fingerprint density at radius 1 is 1.15 bits per heavy atom. The second kappa shape index (κ2) is 7.92. The maximum Gasteiger partial charge on any atom is 0.272 e. The number of rotatable bonds is 4. The standard InChI is InChI=1S/C20H27N5O2/c1-13(2)14-5-6-18(27-4)15(11-14)16-12-17(23-20(21)22-16)19(26)25-9-7-24(3)8-10-25/h5-6,11-13H,7-10H2,1-4H3,(H2,21,22,23). The number of amides is 1. The van der Waals surface area contributed by atoms with Crippen LogP contribution in [0.1, 0.15) is 35.8 Å². The van der Waals surface area contributed by atoms with E-state index in [9.17, 15) is 4.79 Å². The third-order valence-electron chi connectivity index (χ3n) is 4.92. The van der Waals surface area contributed by atoms with Crippen LogP contribution < -0.4 is 10.5 Å². The fourth-order valence-electron chi connectivity index (χ4n) is 3.17. The van der Waals surface area contributed by atoms with Crippen molar-refractivity contribution in [1.29, 1.82) is 0 Å². The SMILES string of the molecule is COc1ccc(C(C)C)cc1-c1cc(C(=O)N2CCN(C)CC2)nc(N)n1. The minimum Gasteiger partial charge on any atom is -0.496 e. The number of benzene rings is 1. The summed E-state index contributed by atoms with van der Waals surface area (Å²) in [5.41, 5.74) is 8.82. The van der Waals surface area contributed by atoms with E-state index in [0.717, 1.165) is 24.2 Å². The Morgan fingerprint density at radius 3 is 2.48 bits per heavy atom. The van der Waals surface area contributed by atoms with Gasteiger partial charge >= 0.3 is 0 Å². The van der Waals surface area contributed by atoms with E-state index in [4.69, 9.17) is 10.5 Å². The number of hydrogen-bond donors (Lipinski definition) is 1. The highest BCUT2D eigenvalue weighted by Crippen LogP contribution is 2.32. The first kappa shape index (κ1) is 19.1. The van der Waals surface area contributed by atoms with Crippen molar-refractivity contribution in [2.45, 2.75) is 19.8 Å². The number of anilines is 1. The van der Waals surface area contributed by atoms with Crippen molar-refractivity contribution < 1.29 is 9.53 Å². The van der Waals surface area contributed by atoms with E-state index in [1.807, 2.05) is 23.1 Å². The van der Waals surface area contributed by atoms with Gasteiger partial charge < -0.3 is 20.3 Å². The largest absolute Gasteiger partial charge is 0.496 e. The zero-order valence-electron chi connectivity index (χ0n) is 16.4. The summed E-state index contributed by atoms with van der Waals surface area (Å²) in [5, 5.41) is 0. The second-order valence-corrected chi connectivity index (χ2v) is 7.21. The first-order chi connectivity index (χ1) is 12.9. The molecule has 1 aliphatic rings. The number of hydrogen-bond acceptors (Lipinski definition) is 6. The lowest BCUT2D eigenvalue weighted by Gasteiger charge is -2.32. The van der Waals surface area contributed by atoms with Crippen molar-refractivity contribution in [2.24, 2.45) is 0 Å². The molecule has 2 N–H and O–H groups in total. The van der Waals surface area contributed by atoms with Crippen LogP contribution in [0, 0.1) is 0 Å². The zero-order chi connectivity index (χ0) is 19.6. The normalized spacial score (nSPS) is 15.2. The molecule has 2 aromatic rings. The molecular formula is C20H27N5O2. The number of ether oxygens (including phenoxy) is 1. The molecule has 1 aromatic carbocycles. The summed E-state index contributed by atoms with van der Waals surface area (Å²) >= 11 is 0. The van der Waals surface area contributed by atoms with E-state index >= 15 is 0 Å². The van der Waals surface area contributed by atoms with Gasteiger partial charge in [0.25, 0.3) is 5.91 Å². The Morgan fingerprint density at radius 2 is 1.85 bits per heavy atom. The molecular weight excluding hydrogens is 342 g/mol. The Balaban J connectivity index is 1.98. The highest BCUT2D eigenvalue weighted by Gasteiger charge is 2.23. The molecule has 0 unspecified atom stereocenters. The molecule has 1 aromatic heterocycles. The summed E-state index contributed by atoms with van der Waals surface area (Å²) in [5.74, 6) is 1.02. The van der Waals surface area contributed by atoms with Crippen LogP contribution in [-0.2, 0) is 0 Å². The zero-order valence-corrected chi connectivity index (χ0v) is 16.4. The summed E-state index contributed by atoms with van der Waals surface area (Å²) in [6.07, 6.45) is 0. The van der Waals surface area contributed by atoms with Crippen LogP contribution in [0.25, 0.3) is 11.3 Å². The number of nitrogens with zero attached hydrogens (tertiary/aromatic N) is 4. The Kier molecular flexibility index (Phi) is 5.60. The molecule has 7 heteroatoms. The number of aromatic nitrogens is 2. The third kappa shape index (κ3) is 4.19. The summed E-state index contributed by atoms with van der Waals surface area (Å²) in [6.45, 7) is 7.32. The summed E-state index contributed by atoms with van der Waals surface area (Å²) < 4.78 is 5.50. The van der Waals surface area contributed by atoms with E-state index in [1.54, 1.807) is 13.2 Å². The van der Waals surface area contributed by atoms with Crippen molar-refractivity contribution in [2.75, 3.05) is 46.1 Å². The molecule has 144 valence electrons. The predicted octanol–water partition coefficient (Wildman–Crippen LogP) is 2.25. The average molecular weight is 369 g/mol. The van der Waals surface area contributed by atoms with Gasteiger partial charge in [0.2, 0.25) is 5.95 Å². The van der Waals surface area contributed by atoms with Gasteiger partial charge in [-0.05, 0) is 36.7 Å². The van der Waals surface area contributed by atoms with Gasteiger partial charge in [-0.25, -0.2) is 9.97 Å². The van der Waals surface area contributed by atoms with Crippen LogP contribution in [0.15, 0.2) is 24.3 Å². The summed E-state index contributed by atoms with van der Waals surface area (Å²) in [7, 11) is 3.67. The molecule has 0 spiro atoms. The Bertz CT molecular complexity index is 829. The van der Waals surface area contributed by atoms with Crippen LogP contribution in [0.4, 0.5) is 5.95 Å². The maximum absolute atomic E-state index is 12.9. The Hall–Kier alpha value is -2.67. The van der Waals surface area contributed by atoms with E-state index in [-0.39, 0.29) is 11.9 Å². The molecule has 0 saturated carbocycles. The molecule has 2 heterocycles. The number of carbonyl (C=O) groups is 1. The van der Waals surface area contributed by atoms with E-state index in [2.05, 4.69) is 35.8 Å². The highest BCUT2D eigenvalue weighted by atomic mass is 16.5. The molecule has 0 radical (unpaired) electrons. The predicted molar refractivity (Wildman–Crippen MR) is 106 cm³/mol. The number of nitrogens with two attached hydrogens (primary N) is 1. The molecule has 3 rings (SSSR count). The van der Waals surface area contributed by atoms with Crippen LogP contribution in [0.2, 0.25) is 0 Å². The quantitative estimate of drug-likeness (QED) is 0.890. The van der Waals surface area contributed by atoms with Gasteiger partial charge in [-0.15, -0.1) is 0 Å². The van der Waals surface area contributed by atoms with E-state index < -0.39 is 0 Å². The molecule has 7 nitrogen and oxygen atoms in total. The van der Waals surface area contributed by atoms with Crippen LogP contribution in [0.3, 0.4) is 0 Å². The highest BCUT2D eigenvalue weighted by molar-refractivity contribution is 5.94. The number of likely N-dealkylation sites (N-methyl/N-ethyl adjacent to an activating group) is 1. The molecule has 1 fully saturated rings. The molecule has 0 aliphatic carbocycles. The van der Waals surface area contributed by atoms with Gasteiger partial charge in [-0.1, -0.05) is 19.9 Å². The minimum absolute atomic E-state index is 0.0852. The van der Waals surface area contributed by atoms with Gasteiger partial charge in [-0.2, -0.15) is 0 Å². The number of carbonyl (C=O) groups excluding carboxylic acids is 1. The molecule has 0 bridgehead atoms. The monoisotopic (exact) mass is 369 g/mol. The third-order valence-corrected chi connectivity index (χ3v) is 4.92. The van der Waals surface area contributed by atoms with Crippen molar-refractivity contribution >= 4 is 11.9 Å². The van der Waals surface area contributed by atoms with Crippen molar-refractivity contribution in [3.63, 3.8) is 0 Å². The minimum atomic E-state index is -0.113. The van der Waals surface area contributed by atoms with Crippen LogP contribution in [-0.4, -0.2) is 66.0 Å². The molecule has 1 amide bonds. The summed E-state index contributed by atoms with van der Waals surface area (Å²) in [6, 6.07) is 7.70. The van der Waals surface area contributed by atoms with Gasteiger partial charge in [0.15, 0.2) is 0 Å². The van der Waals surface area contributed by atoms with Crippen molar-refractivity contribution in [3.8, 4) is 17.0 Å². The van der Waals surface area contributed by atoms with Crippen LogP contribution in [0.5, 0.6) is 5.75 Å². The van der Waals surface area contributed by atoms with E-state index in [0.29, 0.717) is 36.1 Å². The molecule has 1 aliphatic heterocycles. The number of nitrogen functional groups attached to an aromatic ring is 1. The maximum atomic E-state index is 12.9. The lowest BCUT2D eigenvalue weighted by molar-refractivity contribution is 0.0658. The van der Waals surface area contributed by atoms with Gasteiger partial charge in [0.1, 0.15) is 11.4 Å². The second-order valence-electron chi connectivity index (χ2n) is 7.21. The first-order valence-electron chi connectivity index (χ1n) is 9.19. The van der Waals surface area contributed by atoms with Gasteiger partial charge in [-0.3, -0.25) is 4.79 Å². The lowest BCUT2D eigenvalue weighted by Crippen LogP contribution is -2.47. The Labute approximate surface area is 160 Å². The number of piperazine rings is 1. The summed E-state index contributed by atoms with van der Waals surface area (Å²) in [4.78, 5) is 25.5. The fraction of sp³-hybridized carbons (Fsp3) is 0.450. The first-order valence-corrected chi connectivity index (χ1v) is 9.19. The average Bonchev–Trinajstić information content (AvgIpc) is 2.67. The van der Waals surface area contributed by atoms with Crippen molar-refractivity contribution in [3.05, 3.63) is 35.5 Å². The number of methoxy groups -OCH3 is 1. The topological polar surface area (TPSA) is 84.6 Å². The van der Waals surface area contributed by atoms with Gasteiger partial charge in [0.05, 0.1) is 12.8 Å². The smallest absolute Gasteiger partial charge is 0.272 e. The van der Waals surface area contributed by atoms with Gasteiger partial charge in [0, 0.05) is 31.7 Å². The van der Waals surface area contributed by atoms with E-state index in [1.165, 1.54) is 0 Å². The van der Waals surface area contributed by atoms with Crippen LogP contribution >= 0.6 is 0 Å². The lowest BCUT2D eigenvalue weighted by atomic mass is 9.98. The molecule has 1 saturated heterocycles. The molecule has 0 atom stereocenters. The van der Waals surface area contributed by atoms with Crippen molar-refractivity contribution in [1.82, 2.24) is 19.8 Å². The molecule has 27 heavy (non-hydrogen) atoms.